The lowest BCUT2D eigenvalue weighted by Gasteiger charge is -2.19. The van der Waals surface area contributed by atoms with Gasteiger partial charge in [-0.2, -0.15) is 5.26 Å². The zero-order chi connectivity index (χ0) is 9.97. The van der Waals surface area contributed by atoms with E-state index in [0.29, 0.717) is 11.7 Å². The lowest BCUT2D eigenvalue weighted by Crippen LogP contribution is -2.18. The lowest BCUT2D eigenvalue weighted by molar-refractivity contribution is 0.316. The second-order valence-electron chi connectivity index (χ2n) is 3.69. The van der Waals surface area contributed by atoms with Crippen molar-refractivity contribution in [2.24, 2.45) is 0 Å². The van der Waals surface area contributed by atoms with Gasteiger partial charge in [-0.15, -0.1) is 0 Å². The molecule has 14 heavy (non-hydrogen) atoms. The zero-order valence-corrected chi connectivity index (χ0v) is 8.27. The molecular formula is C11H13N3. The van der Waals surface area contributed by atoms with E-state index in [2.05, 4.69) is 23.0 Å². The molecule has 3 heteroatoms. The smallest absolute Gasteiger partial charge is 0.145 e. The molecule has 1 saturated heterocycles. The van der Waals surface area contributed by atoms with E-state index in [1.54, 1.807) is 6.20 Å². The van der Waals surface area contributed by atoms with Gasteiger partial charge in [-0.1, -0.05) is 6.07 Å². The largest absolute Gasteiger partial charge is 0.299 e. The van der Waals surface area contributed by atoms with E-state index < -0.39 is 0 Å². The van der Waals surface area contributed by atoms with Gasteiger partial charge in [0.05, 0.1) is 0 Å². The van der Waals surface area contributed by atoms with Crippen LogP contribution in [0, 0.1) is 11.3 Å². The highest BCUT2D eigenvalue weighted by molar-refractivity contribution is 5.33. The van der Waals surface area contributed by atoms with E-state index in [1.807, 2.05) is 12.1 Å². The number of nitrogens with zero attached hydrogens (tertiary/aromatic N) is 3. The van der Waals surface area contributed by atoms with Crippen LogP contribution in [-0.4, -0.2) is 23.5 Å². The Hall–Kier alpha value is -1.40. The molecule has 2 rings (SSSR count). The Morgan fingerprint density at radius 2 is 2.50 bits per heavy atom. The summed E-state index contributed by atoms with van der Waals surface area (Å²) < 4.78 is 0. The SMILES string of the molecule is CN1CCCC1c1cccnc1C#N. The topological polar surface area (TPSA) is 39.9 Å². The summed E-state index contributed by atoms with van der Waals surface area (Å²) in [5, 5.41) is 8.93. The molecule has 1 unspecified atom stereocenters. The third kappa shape index (κ3) is 1.49. The third-order valence-corrected chi connectivity index (χ3v) is 2.82. The van der Waals surface area contributed by atoms with Crippen molar-refractivity contribution in [1.82, 2.24) is 9.88 Å². The molecule has 0 spiro atoms. The standard InChI is InChI=1S/C11H13N3/c1-14-7-3-5-11(14)9-4-2-6-13-10(9)8-12/h2,4,6,11H,3,5,7H2,1H3. The molecule has 1 atom stereocenters. The summed E-state index contributed by atoms with van der Waals surface area (Å²) in [4.78, 5) is 6.38. The normalized spacial score (nSPS) is 22.1. The predicted molar refractivity (Wildman–Crippen MR) is 53.6 cm³/mol. The summed E-state index contributed by atoms with van der Waals surface area (Å²) in [6.45, 7) is 1.12. The maximum absolute atomic E-state index is 8.93. The van der Waals surface area contributed by atoms with Crippen molar-refractivity contribution in [3.63, 3.8) is 0 Å². The molecule has 0 aliphatic carbocycles. The van der Waals surface area contributed by atoms with E-state index >= 15 is 0 Å². The second kappa shape index (κ2) is 3.77. The Kier molecular flexibility index (Phi) is 2.47. The highest BCUT2D eigenvalue weighted by atomic mass is 15.1. The molecule has 1 aliphatic heterocycles. The fourth-order valence-electron chi connectivity index (χ4n) is 2.08. The maximum atomic E-state index is 8.93. The quantitative estimate of drug-likeness (QED) is 0.672. The summed E-state index contributed by atoms with van der Waals surface area (Å²) in [7, 11) is 2.10. The summed E-state index contributed by atoms with van der Waals surface area (Å²) in [6.07, 6.45) is 4.02. The first kappa shape index (κ1) is 9.17. The molecular weight excluding hydrogens is 174 g/mol. The second-order valence-corrected chi connectivity index (χ2v) is 3.69. The van der Waals surface area contributed by atoms with Gasteiger partial charge in [-0.3, -0.25) is 4.90 Å². The van der Waals surface area contributed by atoms with Crippen LogP contribution < -0.4 is 0 Å². The third-order valence-electron chi connectivity index (χ3n) is 2.82. The summed E-state index contributed by atoms with van der Waals surface area (Å²) in [5.74, 6) is 0. The molecule has 0 radical (unpaired) electrons. The molecule has 0 aromatic carbocycles. The molecule has 0 bridgehead atoms. The van der Waals surface area contributed by atoms with Crippen molar-refractivity contribution in [3.8, 4) is 6.07 Å². The summed E-state index contributed by atoms with van der Waals surface area (Å²) in [5.41, 5.74) is 1.65. The predicted octanol–water partition coefficient (Wildman–Crippen LogP) is 1.72. The Bertz CT molecular complexity index is 367. The first-order valence-electron chi connectivity index (χ1n) is 4.88. The van der Waals surface area contributed by atoms with Gasteiger partial charge in [0.25, 0.3) is 0 Å². The van der Waals surface area contributed by atoms with Gasteiger partial charge in [0.15, 0.2) is 0 Å². The molecule has 3 nitrogen and oxygen atoms in total. The van der Waals surface area contributed by atoms with E-state index in [0.717, 1.165) is 18.5 Å². The summed E-state index contributed by atoms with van der Waals surface area (Å²) in [6, 6.07) is 6.46. The number of rotatable bonds is 1. The molecule has 72 valence electrons. The van der Waals surface area contributed by atoms with Crippen molar-refractivity contribution >= 4 is 0 Å². The summed E-state index contributed by atoms with van der Waals surface area (Å²) >= 11 is 0. The van der Waals surface area contributed by atoms with Crippen LogP contribution in [0.15, 0.2) is 18.3 Å². The Morgan fingerprint density at radius 3 is 3.14 bits per heavy atom. The van der Waals surface area contributed by atoms with Gasteiger partial charge in [0, 0.05) is 17.8 Å². The van der Waals surface area contributed by atoms with Gasteiger partial charge in [0.2, 0.25) is 0 Å². The fraction of sp³-hybridized carbons (Fsp3) is 0.455. The van der Waals surface area contributed by atoms with Crippen molar-refractivity contribution in [2.45, 2.75) is 18.9 Å². The van der Waals surface area contributed by atoms with E-state index in [-0.39, 0.29) is 0 Å². The number of hydrogen-bond donors (Lipinski definition) is 0. The molecule has 2 heterocycles. The van der Waals surface area contributed by atoms with E-state index in [9.17, 15) is 0 Å². The minimum atomic E-state index is 0.387. The van der Waals surface area contributed by atoms with Gasteiger partial charge in [-0.05, 0) is 32.5 Å². The van der Waals surface area contributed by atoms with Crippen molar-refractivity contribution < 1.29 is 0 Å². The zero-order valence-electron chi connectivity index (χ0n) is 8.27. The minimum Gasteiger partial charge on any atom is -0.299 e. The molecule has 1 aromatic rings. The Labute approximate surface area is 84.0 Å². The first-order valence-corrected chi connectivity index (χ1v) is 4.88. The Balaban J connectivity index is 2.36. The molecule has 0 N–H and O–H groups in total. The minimum absolute atomic E-state index is 0.387. The average Bonchev–Trinajstić information content (AvgIpc) is 2.64. The van der Waals surface area contributed by atoms with Crippen LogP contribution in [0.4, 0.5) is 0 Å². The maximum Gasteiger partial charge on any atom is 0.145 e. The van der Waals surface area contributed by atoms with Crippen molar-refractivity contribution in [2.75, 3.05) is 13.6 Å². The van der Waals surface area contributed by atoms with Gasteiger partial charge < -0.3 is 0 Å². The van der Waals surface area contributed by atoms with Crippen LogP contribution >= 0.6 is 0 Å². The molecule has 1 aromatic heterocycles. The molecule has 1 aliphatic rings. The van der Waals surface area contributed by atoms with Crippen LogP contribution in [-0.2, 0) is 0 Å². The van der Waals surface area contributed by atoms with Crippen molar-refractivity contribution in [3.05, 3.63) is 29.6 Å². The number of nitriles is 1. The molecule has 0 saturated carbocycles. The average molecular weight is 187 g/mol. The van der Waals surface area contributed by atoms with Gasteiger partial charge >= 0.3 is 0 Å². The van der Waals surface area contributed by atoms with Gasteiger partial charge in [-0.25, -0.2) is 4.98 Å². The van der Waals surface area contributed by atoms with Gasteiger partial charge in [0.1, 0.15) is 11.8 Å². The monoisotopic (exact) mass is 187 g/mol. The fourth-order valence-corrected chi connectivity index (χ4v) is 2.08. The van der Waals surface area contributed by atoms with Crippen LogP contribution in [0.3, 0.4) is 0 Å². The van der Waals surface area contributed by atoms with Crippen LogP contribution in [0.2, 0.25) is 0 Å². The molecule has 0 amide bonds. The Morgan fingerprint density at radius 1 is 1.64 bits per heavy atom. The van der Waals surface area contributed by atoms with Crippen LogP contribution in [0.1, 0.15) is 30.1 Å². The van der Waals surface area contributed by atoms with E-state index in [1.165, 1.54) is 6.42 Å². The number of likely N-dealkylation sites (tertiary alicyclic amines) is 1. The highest BCUT2D eigenvalue weighted by Gasteiger charge is 2.24. The number of aromatic nitrogens is 1. The van der Waals surface area contributed by atoms with Crippen LogP contribution in [0.25, 0.3) is 0 Å². The van der Waals surface area contributed by atoms with Crippen molar-refractivity contribution in [1.29, 1.82) is 5.26 Å². The lowest BCUT2D eigenvalue weighted by atomic mass is 10.0. The molecule has 1 fully saturated rings. The first-order chi connectivity index (χ1) is 6.83. The number of hydrogen-bond acceptors (Lipinski definition) is 3. The van der Waals surface area contributed by atoms with E-state index in [4.69, 9.17) is 5.26 Å². The van der Waals surface area contributed by atoms with Crippen LogP contribution in [0.5, 0.6) is 0 Å². The highest BCUT2D eigenvalue weighted by Crippen LogP contribution is 2.31. The number of pyridine rings is 1.